The lowest BCUT2D eigenvalue weighted by molar-refractivity contribution is -0.127. The number of amides is 1. The van der Waals surface area contributed by atoms with E-state index in [1.807, 2.05) is 12.1 Å². The summed E-state index contributed by atoms with van der Waals surface area (Å²) in [5.74, 6) is 0.771. The molecule has 1 amide bonds. The highest BCUT2D eigenvalue weighted by atomic mass is 16.5. The summed E-state index contributed by atoms with van der Waals surface area (Å²) in [7, 11) is 1.62. The molecule has 0 spiro atoms. The number of likely N-dealkylation sites (tertiary alicyclic amines) is 1. The molecule has 0 radical (unpaired) electrons. The summed E-state index contributed by atoms with van der Waals surface area (Å²) in [4.78, 5) is 14.4. The van der Waals surface area contributed by atoms with E-state index in [1.165, 1.54) is 0 Å². The lowest BCUT2D eigenvalue weighted by Crippen LogP contribution is -2.50. The molecule has 7 nitrogen and oxygen atoms in total. The summed E-state index contributed by atoms with van der Waals surface area (Å²) in [5, 5.41) is 13.1. The predicted molar refractivity (Wildman–Crippen MR) is 93.0 cm³/mol. The maximum Gasteiger partial charge on any atom is 0.224 e. The second-order valence-corrected chi connectivity index (χ2v) is 6.61. The van der Waals surface area contributed by atoms with Gasteiger partial charge in [-0.3, -0.25) is 9.69 Å². The van der Waals surface area contributed by atoms with E-state index in [2.05, 4.69) is 17.1 Å². The molecular formula is C18H30N2O5. The third-order valence-corrected chi connectivity index (χ3v) is 4.57. The van der Waals surface area contributed by atoms with Gasteiger partial charge in [-0.05, 0) is 31.9 Å². The molecule has 1 aliphatic heterocycles. The Bertz CT molecular complexity index is 494. The van der Waals surface area contributed by atoms with E-state index >= 15 is 0 Å². The zero-order chi connectivity index (χ0) is 18.1. The highest BCUT2D eigenvalue weighted by molar-refractivity contribution is 5.78. The molecule has 1 fully saturated rings. The van der Waals surface area contributed by atoms with E-state index in [9.17, 15) is 9.90 Å². The van der Waals surface area contributed by atoms with Crippen LogP contribution < -0.4 is 5.32 Å². The van der Waals surface area contributed by atoms with Crippen LogP contribution in [0.15, 0.2) is 22.8 Å². The lowest BCUT2D eigenvalue weighted by atomic mass is 9.92. The van der Waals surface area contributed by atoms with Crippen LogP contribution in [0.1, 0.15) is 25.5 Å². The first-order valence-electron chi connectivity index (χ1n) is 8.89. The summed E-state index contributed by atoms with van der Waals surface area (Å²) in [6, 6.07) is 4.00. The molecule has 142 valence electrons. The minimum atomic E-state index is -0.590. The Morgan fingerprint density at radius 2 is 2.36 bits per heavy atom. The van der Waals surface area contributed by atoms with E-state index in [1.54, 1.807) is 13.4 Å². The van der Waals surface area contributed by atoms with Gasteiger partial charge in [0.1, 0.15) is 12.4 Å². The summed E-state index contributed by atoms with van der Waals surface area (Å²) in [5.41, 5.74) is 0. The van der Waals surface area contributed by atoms with E-state index in [0.29, 0.717) is 38.9 Å². The molecule has 3 atom stereocenters. The van der Waals surface area contributed by atoms with Gasteiger partial charge in [-0.25, -0.2) is 0 Å². The van der Waals surface area contributed by atoms with Gasteiger partial charge in [-0.2, -0.15) is 0 Å². The van der Waals surface area contributed by atoms with Gasteiger partial charge in [0.05, 0.1) is 31.5 Å². The van der Waals surface area contributed by atoms with Crippen LogP contribution in [0.3, 0.4) is 0 Å². The molecular weight excluding hydrogens is 324 g/mol. The van der Waals surface area contributed by atoms with Crippen LogP contribution in [-0.4, -0.2) is 68.0 Å². The quantitative estimate of drug-likeness (QED) is 0.611. The van der Waals surface area contributed by atoms with Crippen molar-refractivity contribution < 1.29 is 23.8 Å². The van der Waals surface area contributed by atoms with Gasteiger partial charge in [-0.15, -0.1) is 0 Å². The Morgan fingerprint density at radius 1 is 1.52 bits per heavy atom. The molecule has 3 unspecified atom stereocenters. The second kappa shape index (κ2) is 10.6. The van der Waals surface area contributed by atoms with Gasteiger partial charge in [-0.1, -0.05) is 0 Å². The number of methoxy groups -OCH3 is 1. The number of ether oxygens (including phenoxy) is 2. The topological polar surface area (TPSA) is 84.2 Å². The summed E-state index contributed by atoms with van der Waals surface area (Å²) in [6.45, 7) is 4.94. The van der Waals surface area contributed by atoms with Gasteiger partial charge in [0.2, 0.25) is 5.91 Å². The van der Waals surface area contributed by atoms with Crippen molar-refractivity contribution in [3.8, 4) is 0 Å². The summed E-state index contributed by atoms with van der Waals surface area (Å²) in [6.07, 6.45) is 2.83. The first-order chi connectivity index (χ1) is 12.1. The van der Waals surface area contributed by atoms with Crippen LogP contribution >= 0.6 is 0 Å². The number of carbonyl (C=O) groups excluding carboxylic acids is 1. The Balaban J connectivity index is 1.71. The number of aliphatic hydroxyl groups is 1. The maximum atomic E-state index is 12.2. The van der Waals surface area contributed by atoms with Crippen molar-refractivity contribution >= 4 is 5.91 Å². The normalized spacial score (nSPS) is 22.7. The molecule has 1 aromatic heterocycles. The van der Waals surface area contributed by atoms with Gasteiger partial charge >= 0.3 is 0 Å². The Kier molecular flexibility index (Phi) is 8.40. The fourth-order valence-corrected chi connectivity index (χ4v) is 3.08. The predicted octanol–water partition coefficient (Wildman–Crippen LogP) is 1.02. The number of aliphatic hydroxyl groups excluding tert-OH is 1. The molecule has 1 saturated heterocycles. The average molecular weight is 354 g/mol. The number of rotatable bonds is 10. The molecule has 0 saturated carbocycles. The van der Waals surface area contributed by atoms with Gasteiger partial charge < -0.3 is 24.3 Å². The number of hydrogen-bond donors (Lipinski definition) is 2. The number of carbonyl (C=O) groups is 1. The van der Waals surface area contributed by atoms with Crippen LogP contribution in [-0.2, 0) is 20.9 Å². The zero-order valence-corrected chi connectivity index (χ0v) is 15.1. The fraction of sp³-hybridized carbons (Fsp3) is 0.722. The van der Waals surface area contributed by atoms with Crippen molar-refractivity contribution in [3.63, 3.8) is 0 Å². The van der Waals surface area contributed by atoms with Crippen molar-refractivity contribution in [2.24, 2.45) is 5.92 Å². The van der Waals surface area contributed by atoms with Gasteiger partial charge in [0.25, 0.3) is 0 Å². The van der Waals surface area contributed by atoms with Crippen molar-refractivity contribution in [2.45, 2.75) is 38.5 Å². The third kappa shape index (κ3) is 6.78. The monoisotopic (exact) mass is 354 g/mol. The Hall–Kier alpha value is -1.41. The number of β-amino-alcohol motifs (C(OH)–C–C–N with tert-alkyl or cyclic N) is 1. The molecule has 1 aromatic rings. The Morgan fingerprint density at radius 3 is 3.08 bits per heavy atom. The van der Waals surface area contributed by atoms with Crippen LogP contribution in [0.4, 0.5) is 0 Å². The van der Waals surface area contributed by atoms with Crippen LogP contribution in [0.5, 0.6) is 0 Å². The van der Waals surface area contributed by atoms with Crippen molar-refractivity contribution in [1.82, 2.24) is 10.2 Å². The molecule has 1 aliphatic rings. The fourth-order valence-electron chi connectivity index (χ4n) is 3.08. The SMILES string of the molecule is COCCNC(=O)C1CCC(C)N(CC(O)COCc2ccco2)C1. The third-order valence-electron chi connectivity index (χ3n) is 4.57. The molecule has 0 aliphatic carbocycles. The van der Waals surface area contributed by atoms with Crippen molar-refractivity contribution in [1.29, 1.82) is 0 Å². The smallest absolute Gasteiger partial charge is 0.224 e. The van der Waals surface area contributed by atoms with E-state index < -0.39 is 6.10 Å². The molecule has 2 rings (SSSR count). The van der Waals surface area contributed by atoms with E-state index in [4.69, 9.17) is 13.9 Å². The van der Waals surface area contributed by atoms with E-state index in [0.717, 1.165) is 18.6 Å². The van der Waals surface area contributed by atoms with Crippen LogP contribution in [0.2, 0.25) is 0 Å². The largest absolute Gasteiger partial charge is 0.467 e. The van der Waals surface area contributed by atoms with E-state index in [-0.39, 0.29) is 18.4 Å². The first kappa shape index (κ1) is 19.9. The molecule has 0 aromatic carbocycles. The zero-order valence-electron chi connectivity index (χ0n) is 15.1. The van der Waals surface area contributed by atoms with Gasteiger partial charge in [0.15, 0.2) is 0 Å². The average Bonchev–Trinajstić information content (AvgIpc) is 3.10. The molecule has 2 heterocycles. The summed E-state index contributed by atoms with van der Waals surface area (Å²) >= 11 is 0. The van der Waals surface area contributed by atoms with Gasteiger partial charge in [0, 0.05) is 32.8 Å². The highest BCUT2D eigenvalue weighted by Crippen LogP contribution is 2.22. The van der Waals surface area contributed by atoms with Crippen molar-refractivity contribution in [2.75, 3.05) is 40.0 Å². The summed E-state index contributed by atoms with van der Waals surface area (Å²) < 4.78 is 15.6. The molecule has 7 heteroatoms. The number of furan rings is 1. The molecule has 2 N–H and O–H groups in total. The number of hydrogen-bond acceptors (Lipinski definition) is 6. The second-order valence-electron chi connectivity index (χ2n) is 6.61. The molecule has 0 bridgehead atoms. The minimum absolute atomic E-state index is 0.0377. The number of nitrogens with zero attached hydrogens (tertiary/aromatic N) is 1. The lowest BCUT2D eigenvalue weighted by Gasteiger charge is -2.38. The molecule has 25 heavy (non-hydrogen) atoms. The number of piperidine rings is 1. The van der Waals surface area contributed by atoms with Crippen LogP contribution in [0, 0.1) is 5.92 Å². The maximum absolute atomic E-state index is 12.2. The first-order valence-corrected chi connectivity index (χ1v) is 8.89. The van der Waals surface area contributed by atoms with Crippen molar-refractivity contribution in [3.05, 3.63) is 24.2 Å². The number of nitrogens with one attached hydrogen (secondary N) is 1. The highest BCUT2D eigenvalue weighted by Gasteiger charge is 2.30. The Labute approximate surface area is 149 Å². The standard InChI is InChI=1S/C18H30N2O5/c1-14-5-6-15(18(22)19-7-9-23-2)10-20(14)11-16(21)12-24-13-17-4-3-8-25-17/h3-4,8,14-16,21H,5-7,9-13H2,1-2H3,(H,19,22). The minimum Gasteiger partial charge on any atom is -0.467 e. The van der Waals surface area contributed by atoms with Crippen LogP contribution in [0.25, 0.3) is 0 Å².